The molecule has 2 saturated heterocycles. The van der Waals surface area contributed by atoms with Crippen LogP contribution in [0.2, 0.25) is 5.02 Å². The third-order valence-electron chi connectivity index (χ3n) is 14.0. The number of nitrogens with two attached hydrogens (primary N) is 1. The van der Waals surface area contributed by atoms with E-state index in [1.165, 1.54) is 68.5 Å². The fraction of sp³-hybridized carbons (Fsp3) is 0.407. The first kappa shape index (κ1) is 51.9. The highest BCUT2D eigenvalue weighted by atomic mass is 35.5. The van der Waals surface area contributed by atoms with E-state index < -0.39 is 0 Å². The van der Waals surface area contributed by atoms with Crippen LogP contribution in [0.25, 0.3) is 52.0 Å². The zero-order valence-corrected chi connectivity index (χ0v) is 45.3. The lowest BCUT2D eigenvalue weighted by molar-refractivity contribution is -0.165. The minimum atomic E-state index is -0.373. The molecular weight excluding hydrogens is 1030 g/mol. The lowest BCUT2D eigenvalue weighted by Crippen LogP contribution is -2.42. The van der Waals surface area contributed by atoms with Crippen LogP contribution in [0.3, 0.4) is 0 Å². The van der Waals surface area contributed by atoms with E-state index in [0.717, 1.165) is 117 Å². The average molecular weight is 1090 g/mol. The molecule has 0 amide bonds. The van der Waals surface area contributed by atoms with Gasteiger partial charge in [-0.1, -0.05) is 23.8 Å². The molecule has 384 valence electrons. The summed E-state index contributed by atoms with van der Waals surface area (Å²) in [4.78, 5) is 26.7. The van der Waals surface area contributed by atoms with Crippen molar-refractivity contribution in [1.29, 1.82) is 0 Å². The Bertz CT molecular complexity index is 3230. The number of halogens is 3. The van der Waals surface area contributed by atoms with E-state index in [4.69, 9.17) is 36.3 Å². The maximum absolute atomic E-state index is 14.8. The fourth-order valence-corrected chi connectivity index (χ4v) is 13.8. The van der Waals surface area contributed by atoms with Crippen LogP contribution in [0.1, 0.15) is 76.0 Å². The molecule has 6 aromatic heterocycles. The largest absolute Gasteiger partial charge is 0.396 e. The summed E-state index contributed by atoms with van der Waals surface area (Å²) in [5.41, 5.74) is 14.2. The van der Waals surface area contributed by atoms with Crippen LogP contribution in [0, 0.1) is 11.6 Å². The van der Waals surface area contributed by atoms with Crippen LogP contribution in [0.15, 0.2) is 84.1 Å². The van der Waals surface area contributed by atoms with Crippen LogP contribution >= 0.6 is 56.9 Å². The molecule has 4 aliphatic rings. The van der Waals surface area contributed by atoms with Crippen molar-refractivity contribution in [2.24, 2.45) is 0 Å². The van der Waals surface area contributed by atoms with E-state index in [1.807, 2.05) is 12.1 Å². The van der Waals surface area contributed by atoms with Gasteiger partial charge >= 0.3 is 0 Å². The second-order valence-electron chi connectivity index (χ2n) is 19.4. The predicted octanol–water partition coefficient (Wildman–Crippen LogP) is 13.8. The number of thiophene rings is 2. The number of ether oxygens (including phenoxy) is 4. The topological polar surface area (TPSA) is 133 Å². The number of benzene rings is 2. The van der Waals surface area contributed by atoms with Crippen LogP contribution in [0.4, 0.5) is 25.8 Å². The highest BCUT2D eigenvalue weighted by Gasteiger charge is 2.38. The zero-order chi connectivity index (χ0) is 50.7. The van der Waals surface area contributed by atoms with Crippen LogP contribution < -0.4 is 11.1 Å². The molecule has 3 N–H and O–H groups in total. The molecule has 12 rings (SSSR count). The Morgan fingerprint density at radius 2 is 1.22 bits per heavy atom. The molecule has 0 bridgehead atoms. The average Bonchev–Trinajstić information content (AvgIpc) is 4.26. The first-order valence-electron chi connectivity index (χ1n) is 24.7. The number of fused-ring (bicyclic) bond motifs is 4. The normalized spacial score (nSPS) is 20.0. The molecule has 4 aliphatic heterocycles. The van der Waals surface area contributed by atoms with Gasteiger partial charge in [0.2, 0.25) is 0 Å². The van der Waals surface area contributed by atoms with Crippen LogP contribution in [-0.2, 0) is 18.9 Å². The van der Waals surface area contributed by atoms with Crippen LogP contribution in [-0.4, -0.2) is 106 Å². The van der Waals surface area contributed by atoms with Crippen molar-refractivity contribution >= 4 is 126 Å². The van der Waals surface area contributed by atoms with Crippen molar-refractivity contribution in [2.45, 2.75) is 89.9 Å². The summed E-state index contributed by atoms with van der Waals surface area (Å²) in [5.74, 6) is -0.662. The summed E-state index contributed by atoms with van der Waals surface area (Å²) in [6, 6.07) is 14.4. The highest BCUT2D eigenvalue weighted by Crippen LogP contribution is 2.44. The van der Waals surface area contributed by atoms with Gasteiger partial charge in [0.25, 0.3) is 0 Å². The number of nitrogens with one attached hydrogen (secondary N) is 1. The molecule has 0 saturated carbocycles. The highest BCUT2D eigenvalue weighted by molar-refractivity contribution is 7.20. The van der Waals surface area contributed by atoms with Gasteiger partial charge in [-0.25, -0.2) is 28.7 Å². The van der Waals surface area contributed by atoms with Crippen molar-refractivity contribution in [3.63, 3.8) is 0 Å². The van der Waals surface area contributed by atoms with Crippen molar-refractivity contribution in [3.8, 4) is 0 Å². The van der Waals surface area contributed by atoms with Crippen molar-refractivity contribution in [1.82, 2.24) is 29.7 Å². The summed E-state index contributed by atoms with van der Waals surface area (Å²) < 4.78 is 52.5. The maximum Gasteiger partial charge on any atom is 0.157 e. The van der Waals surface area contributed by atoms with Gasteiger partial charge in [0.15, 0.2) is 12.6 Å². The van der Waals surface area contributed by atoms with Gasteiger partial charge in [0, 0.05) is 83.4 Å². The van der Waals surface area contributed by atoms with Gasteiger partial charge in [0.1, 0.15) is 21.3 Å². The molecule has 73 heavy (non-hydrogen) atoms. The number of hydrogen-bond acceptors (Lipinski definition) is 16. The van der Waals surface area contributed by atoms with Gasteiger partial charge in [-0.05, 0) is 126 Å². The Balaban J connectivity index is 0.000000143. The monoisotopic (exact) mass is 1080 g/mol. The molecule has 10 heterocycles. The Kier molecular flexibility index (Phi) is 16.2. The Labute approximate surface area is 444 Å². The summed E-state index contributed by atoms with van der Waals surface area (Å²) in [5, 5.41) is 6.09. The first-order chi connectivity index (χ1) is 35.3. The lowest BCUT2D eigenvalue weighted by atomic mass is 9.94. The van der Waals surface area contributed by atoms with E-state index in [1.54, 1.807) is 58.2 Å². The van der Waals surface area contributed by atoms with Gasteiger partial charge in [-0.2, -0.15) is 0 Å². The first-order valence-corrected chi connectivity index (χ1v) is 28.5. The molecule has 8 aromatic rings. The molecule has 2 atom stereocenters. The number of aromatic nitrogens is 4. The Hall–Kier alpha value is -4.57. The molecule has 0 spiro atoms. The lowest BCUT2D eigenvalue weighted by Gasteiger charge is -2.35. The minimum absolute atomic E-state index is 0.0160. The van der Waals surface area contributed by atoms with Crippen molar-refractivity contribution in [2.75, 3.05) is 63.7 Å². The van der Waals surface area contributed by atoms with Gasteiger partial charge in [0.05, 0.1) is 66.8 Å². The minimum Gasteiger partial charge on any atom is -0.396 e. The SMILES string of the molecule is CC1(C)C(c2cc3c(Cl)ccnc3s2)=CCN1CCOC1CCCCO1.CC1(C)C(c2cc3c(Nc4cc5ncsc5cc4F)ccnc3s2)=CCN1CCOC1CCCCO1.Nc1cc2ncsc2cc1F. The third-order valence-corrected chi connectivity index (χ3v) is 18.1. The second kappa shape index (κ2) is 22.7. The number of hydrogen-bond donors (Lipinski definition) is 2. The standard InChI is InChI=1S/C27H29FN4O2S2.C20H25ClN2O2S.C7H5FN2S/c1-27(2)18(7-9-32(27)10-12-34-25-5-3-4-11-33-25)23-13-17-20(6-8-29-26(17)36-23)31-21-15-22-24(14-19(21)28)35-16-30-22;1-20(2)15(17-13-14-16(21)6-8-22-19(14)26-17)7-9-23(20)10-12-25-18-5-3-4-11-24-18;8-4-1-7-6(2-5(4)9)10-3-11-7/h6-8,13-16,25H,3-5,9-12H2,1-2H3,(H,29,31);6-8,13,18H,3-5,9-12H2,1-2H3;1-3H,9H2. The summed E-state index contributed by atoms with van der Waals surface area (Å²) in [7, 11) is 0. The smallest absolute Gasteiger partial charge is 0.157 e. The summed E-state index contributed by atoms with van der Waals surface area (Å²) in [6.07, 6.45) is 14.8. The fourth-order valence-electron chi connectivity index (χ4n) is 9.76. The van der Waals surface area contributed by atoms with Crippen molar-refractivity contribution in [3.05, 3.63) is 111 Å². The molecular formula is C54H59ClF2N8O4S4. The van der Waals surface area contributed by atoms with Gasteiger partial charge in [-0.15, -0.1) is 45.3 Å². The predicted molar refractivity (Wildman–Crippen MR) is 297 cm³/mol. The van der Waals surface area contributed by atoms with Crippen LogP contribution in [0.5, 0.6) is 0 Å². The van der Waals surface area contributed by atoms with Gasteiger partial charge in [-0.3, -0.25) is 9.80 Å². The van der Waals surface area contributed by atoms with Crippen molar-refractivity contribution < 1.29 is 27.7 Å². The van der Waals surface area contributed by atoms with E-state index in [9.17, 15) is 8.78 Å². The van der Waals surface area contributed by atoms with E-state index in [2.05, 4.69) is 87.0 Å². The number of nitrogens with zero attached hydrogens (tertiary/aromatic N) is 6. The Morgan fingerprint density at radius 3 is 1.78 bits per heavy atom. The van der Waals surface area contributed by atoms with E-state index >= 15 is 0 Å². The molecule has 2 unspecified atom stereocenters. The molecule has 0 radical (unpaired) electrons. The maximum atomic E-state index is 14.8. The molecule has 19 heteroatoms. The number of anilines is 3. The van der Waals surface area contributed by atoms with E-state index in [-0.39, 0.29) is 41.0 Å². The zero-order valence-electron chi connectivity index (χ0n) is 41.3. The summed E-state index contributed by atoms with van der Waals surface area (Å²) in [6.45, 7) is 15.6. The number of thiazole rings is 2. The Morgan fingerprint density at radius 1 is 0.685 bits per heavy atom. The third kappa shape index (κ3) is 11.6. The number of nitrogen functional groups attached to an aromatic ring is 1. The van der Waals surface area contributed by atoms with E-state index in [0.29, 0.717) is 18.9 Å². The number of rotatable bonds is 12. The van der Waals surface area contributed by atoms with Gasteiger partial charge < -0.3 is 30.0 Å². The summed E-state index contributed by atoms with van der Waals surface area (Å²) >= 11 is 12.6. The molecule has 0 aliphatic carbocycles. The molecule has 2 fully saturated rings. The quantitative estimate of drug-likeness (QED) is 0.113. The second-order valence-corrected chi connectivity index (χ2v) is 23.6. The molecule has 2 aromatic carbocycles. The molecule has 12 nitrogen and oxygen atoms in total. The number of pyridine rings is 2.